The largest absolute Gasteiger partial charge is 0.481 e. The van der Waals surface area contributed by atoms with E-state index in [1.165, 1.54) is 5.56 Å². The second kappa shape index (κ2) is 6.52. The van der Waals surface area contributed by atoms with Gasteiger partial charge in [-0.05, 0) is 32.4 Å². The van der Waals surface area contributed by atoms with Crippen LogP contribution in [0.25, 0.3) is 5.69 Å². The van der Waals surface area contributed by atoms with E-state index < -0.39 is 11.4 Å². The van der Waals surface area contributed by atoms with Crippen molar-refractivity contribution in [1.29, 1.82) is 0 Å². The van der Waals surface area contributed by atoms with Crippen LogP contribution in [0.3, 0.4) is 0 Å². The number of nitrogens with zero attached hydrogens (tertiary/aromatic N) is 3. The highest BCUT2D eigenvalue weighted by Gasteiger charge is 2.53. The van der Waals surface area contributed by atoms with Crippen LogP contribution in [0.1, 0.15) is 23.4 Å². The van der Waals surface area contributed by atoms with Crippen LogP contribution in [-0.2, 0) is 16.1 Å². The zero-order valence-corrected chi connectivity index (χ0v) is 15.3. The summed E-state index contributed by atoms with van der Waals surface area (Å²) in [6.07, 6.45) is 0.602. The molecule has 0 unspecified atom stereocenters. The zero-order chi connectivity index (χ0) is 18.3. The van der Waals surface area contributed by atoms with Crippen LogP contribution in [0.5, 0.6) is 0 Å². The first kappa shape index (κ1) is 17.2. The minimum absolute atomic E-state index is 0.0681. The minimum atomic E-state index is -0.679. The van der Waals surface area contributed by atoms with E-state index in [1.807, 2.05) is 41.9 Å². The van der Waals surface area contributed by atoms with Crippen molar-refractivity contribution in [1.82, 2.24) is 14.7 Å². The van der Waals surface area contributed by atoms with Gasteiger partial charge in [0.25, 0.3) is 0 Å². The molecule has 0 amide bonds. The van der Waals surface area contributed by atoms with Gasteiger partial charge in [0.1, 0.15) is 0 Å². The van der Waals surface area contributed by atoms with Gasteiger partial charge < -0.3 is 9.84 Å². The van der Waals surface area contributed by atoms with Crippen LogP contribution in [0.15, 0.2) is 30.3 Å². The van der Waals surface area contributed by atoms with Crippen molar-refractivity contribution in [3.05, 3.63) is 47.3 Å². The van der Waals surface area contributed by atoms with Gasteiger partial charge in [0, 0.05) is 43.4 Å². The Morgan fingerprint density at radius 3 is 2.81 bits per heavy atom. The lowest BCUT2D eigenvalue weighted by atomic mass is 9.74. The zero-order valence-electron chi connectivity index (χ0n) is 15.3. The maximum absolute atomic E-state index is 12.0. The molecular weight excluding hydrogens is 330 g/mol. The summed E-state index contributed by atoms with van der Waals surface area (Å²) in [4.78, 5) is 14.2. The first-order chi connectivity index (χ1) is 12.5. The number of carboxylic acid groups (broad SMARTS) is 1. The van der Waals surface area contributed by atoms with Crippen molar-refractivity contribution in [3.8, 4) is 5.69 Å². The Kier molecular flexibility index (Phi) is 4.32. The first-order valence-corrected chi connectivity index (χ1v) is 9.15. The monoisotopic (exact) mass is 355 g/mol. The number of fused-ring (bicyclic) bond motifs is 1. The van der Waals surface area contributed by atoms with E-state index in [1.54, 1.807) is 0 Å². The Morgan fingerprint density at radius 1 is 1.35 bits per heavy atom. The molecule has 2 fully saturated rings. The summed E-state index contributed by atoms with van der Waals surface area (Å²) in [5.74, 6) is -0.611. The summed E-state index contributed by atoms with van der Waals surface area (Å²) in [5.41, 5.74) is 3.69. The number of hydrogen-bond donors (Lipinski definition) is 1. The van der Waals surface area contributed by atoms with E-state index in [0.29, 0.717) is 26.2 Å². The lowest BCUT2D eigenvalue weighted by Gasteiger charge is -2.34. The normalized spacial score (nSPS) is 26.0. The van der Waals surface area contributed by atoms with Crippen LogP contribution in [-0.4, -0.2) is 52.1 Å². The fraction of sp³-hybridized carbons (Fsp3) is 0.500. The number of aromatic nitrogens is 2. The lowest BCUT2D eigenvalue weighted by molar-refractivity contribution is -0.157. The number of aliphatic carboxylic acids is 1. The van der Waals surface area contributed by atoms with Gasteiger partial charge in [-0.1, -0.05) is 18.2 Å². The molecule has 138 valence electrons. The fourth-order valence-corrected chi connectivity index (χ4v) is 4.47. The molecule has 1 aromatic heterocycles. The predicted molar refractivity (Wildman–Crippen MR) is 97.3 cm³/mol. The van der Waals surface area contributed by atoms with E-state index in [2.05, 4.69) is 11.8 Å². The smallest absolute Gasteiger partial charge is 0.311 e. The Bertz CT molecular complexity index is 817. The van der Waals surface area contributed by atoms with Crippen molar-refractivity contribution in [2.45, 2.75) is 26.8 Å². The van der Waals surface area contributed by atoms with Gasteiger partial charge in [-0.15, -0.1) is 0 Å². The van der Waals surface area contributed by atoms with Crippen LogP contribution in [0, 0.1) is 25.2 Å². The number of aryl methyl sites for hydroxylation is 1. The molecule has 6 heteroatoms. The van der Waals surface area contributed by atoms with Crippen molar-refractivity contribution in [2.24, 2.45) is 11.3 Å². The highest BCUT2D eigenvalue weighted by Crippen LogP contribution is 2.43. The SMILES string of the molecule is Cc1nn(-c2ccccc2)c(C)c1CN1C[C@@H]2COCC[C@]2(C(=O)O)C1. The summed E-state index contributed by atoms with van der Waals surface area (Å²) in [6.45, 7) is 7.29. The number of rotatable bonds is 4. The molecule has 1 aromatic carbocycles. The summed E-state index contributed by atoms with van der Waals surface area (Å²) < 4.78 is 7.54. The highest BCUT2D eigenvalue weighted by atomic mass is 16.5. The second-order valence-electron chi connectivity index (χ2n) is 7.55. The molecule has 0 radical (unpaired) electrons. The summed E-state index contributed by atoms with van der Waals surface area (Å²) >= 11 is 0. The highest BCUT2D eigenvalue weighted by molar-refractivity contribution is 5.76. The second-order valence-corrected chi connectivity index (χ2v) is 7.55. The van der Waals surface area contributed by atoms with Gasteiger partial charge in [-0.3, -0.25) is 9.69 Å². The molecule has 0 saturated carbocycles. The molecule has 0 aliphatic carbocycles. The quantitative estimate of drug-likeness (QED) is 0.912. The number of carbonyl (C=O) groups is 1. The number of ether oxygens (including phenoxy) is 1. The van der Waals surface area contributed by atoms with Crippen molar-refractivity contribution in [3.63, 3.8) is 0 Å². The number of likely N-dealkylation sites (tertiary alicyclic amines) is 1. The Hall–Kier alpha value is -2.18. The Morgan fingerprint density at radius 2 is 2.12 bits per heavy atom. The number of hydrogen-bond acceptors (Lipinski definition) is 4. The first-order valence-electron chi connectivity index (χ1n) is 9.15. The van der Waals surface area contributed by atoms with E-state index in [4.69, 9.17) is 9.84 Å². The third-order valence-corrected chi connectivity index (χ3v) is 6.03. The summed E-state index contributed by atoms with van der Waals surface area (Å²) in [5, 5.41) is 14.6. The predicted octanol–water partition coefficient (Wildman–Crippen LogP) is 2.41. The molecule has 26 heavy (non-hydrogen) atoms. The van der Waals surface area contributed by atoms with Gasteiger partial charge >= 0.3 is 5.97 Å². The maximum atomic E-state index is 12.0. The lowest BCUT2D eigenvalue weighted by Crippen LogP contribution is -2.44. The standard InChI is InChI=1S/C20H25N3O3/c1-14-18(15(2)23(21-14)17-6-4-3-5-7-17)11-22-10-16-12-26-9-8-20(16,13-22)19(24)25/h3-7,16H,8-13H2,1-2H3,(H,24,25)/t16-,20+/m1/s1. The van der Waals surface area contributed by atoms with Gasteiger partial charge in [-0.2, -0.15) is 5.10 Å². The summed E-state index contributed by atoms with van der Waals surface area (Å²) in [6, 6.07) is 10.1. The fourth-order valence-electron chi connectivity index (χ4n) is 4.47. The molecule has 2 aliphatic heterocycles. The summed E-state index contributed by atoms with van der Waals surface area (Å²) in [7, 11) is 0. The van der Waals surface area contributed by atoms with Crippen molar-refractivity contribution in [2.75, 3.05) is 26.3 Å². The van der Waals surface area contributed by atoms with Gasteiger partial charge in [0.15, 0.2) is 0 Å². The van der Waals surface area contributed by atoms with Crippen LogP contribution in [0.2, 0.25) is 0 Å². The molecule has 1 N–H and O–H groups in total. The molecule has 6 nitrogen and oxygen atoms in total. The van der Waals surface area contributed by atoms with Gasteiger partial charge in [0.05, 0.1) is 23.4 Å². The van der Waals surface area contributed by atoms with E-state index in [9.17, 15) is 9.90 Å². The number of carboxylic acids is 1. The van der Waals surface area contributed by atoms with Gasteiger partial charge in [0.2, 0.25) is 0 Å². The minimum Gasteiger partial charge on any atom is -0.481 e. The Balaban J connectivity index is 1.59. The van der Waals surface area contributed by atoms with Crippen molar-refractivity contribution >= 4 is 5.97 Å². The molecule has 3 heterocycles. The maximum Gasteiger partial charge on any atom is 0.311 e. The molecule has 2 aliphatic rings. The van der Waals surface area contributed by atoms with E-state index in [0.717, 1.165) is 30.2 Å². The molecule has 4 rings (SSSR count). The number of benzene rings is 1. The van der Waals surface area contributed by atoms with Crippen molar-refractivity contribution < 1.29 is 14.6 Å². The Labute approximate surface area is 153 Å². The molecular formula is C20H25N3O3. The average Bonchev–Trinajstić information content (AvgIpc) is 3.16. The third kappa shape index (κ3) is 2.73. The molecule has 0 spiro atoms. The molecule has 2 aromatic rings. The van der Waals surface area contributed by atoms with Gasteiger partial charge in [-0.25, -0.2) is 4.68 Å². The van der Waals surface area contributed by atoms with Crippen LogP contribution < -0.4 is 0 Å². The molecule has 2 saturated heterocycles. The third-order valence-electron chi connectivity index (χ3n) is 6.03. The van der Waals surface area contributed by atoms with Crippen LogP contribution in [0.4, 0.5) is 0 Å². The van der Waals surface area contributed by atoms with E-state index in [-0.39, 0.29) is 5.92 Å². The topological polar surface area (TPSA) is 67.6 Å². The average molecular weight is 355 g/mol. The van der Waals surface area contributed by atoms with Crippen LogP contribution >= 0.6 is 0 Å². The van der Waals surface area contributed by atoms with E-state index >= 15 is 0 Å². The molecule has 2 atom stereocenters. The molecule has 0 bridgehead atoms. The number of para-hydroxylation sites is 1.